The lowest BCUT2D eigenvalue weighted by Gasteiger charge is -2.18. The van der Waals surface area contributed by atoms with Gasteiger partial charge in [-0.25, -0.2) is 9.37 Å². The minimum Gasteiger partial charge on any atom is -0.349 e. The van der Waals surface area contributed by atoms with Crippen molar-refractivity contribution in [3.05, 3.63) is 70.3 Å². The SMILES string of the molecule is CC[C@@H](C)n1c(SCC(=O)N[C@H](C)c2ccc(F)cc2)nc2ccccc2c1=O. The van der Waals surface area contributed by atoms with E-state index in [1.807, 2.05) is 32.9 Å². The fraction of sp³-hybridized carbons (Fsp3) is 0.318. The van der Waals surface area contributed by atoms with Crippen molar-refractivity contribution in [2.45, 2.75) is 44.4 Å². The van der Waals surface area contributed by atoms with Crippen molar-refractivity contribution in [1.29, 1.82) is 0 Å². The number of hydrogen-bond acceptors (Lipinski definition) is 4. The summed E-state index contributed by atoms with van der Waals surface area (Å²) in [6, 6.07) is 13.0. The number of hydrogen-bond donors (Lipinski definition) is 1. The zero-order valence-electron chi connectivity index (χ0n) is 16.7. The monoisotopic (exact) mass is 413 g/mol. The Bertz CT molecular complexity index is 1070. The Labute approximate surface area is 173 Å². The van der Waals surface area contributed by atoms with Gasteiger partial charge < -0.3 is 5.32 Å². The average Bonchev–Trinajstić information content (AvgIpc) is 2.72. The summed E-state index contributed by atoms with van der Waals surface area (Å²) < 4.78 is 14.7. The van der Waals surface area contributed by atoms with Crippen LogP contribution in [0.1, 0.15) is 44.8 Å². The van der Waals surface area contributed by atoms with Crippen molar-refractivity contribution in [3.8, 4) is 0 Å². The van der Waals surface area contributed by atoms with E-state index < -0.39 is 0 Å². The average molecular weight is 414 g/mol. The molecule has 1 heterocycles. The summed E-state index contributed by atoms with van der Waals surface area (Å²) in [5.41, 5.74) is 1.36. The normalized spacial score (nSPS) is 13.2. The number of amides is 1. The van der Waals surface area contributed by atoms with Crippen LogP contribution < -0.4 is 10.9 Å². The van der Waals surface area contributed by atoms with Crippen LogP contribution in [0.5, 0.6) is 0 Å². The summed E-state index contributed by atoms with van der Waals surface area (Å²) in [6.45, 7) is 5.83. The summed E-state index contributed by atoms with van der Waals surface area (Å²) in [7, 11) is 0. The zero-order valence-corrected chi connectivity index (χ0v) is 17.5. The predicted octanol–water partition coefficient (Wildman–Crippen LogP) is 4.48. The highest BCUT2D eigenvalue weighted by Gasteiger charge is 2.17. The number of carbonyl (C=O) groups is 1. The molecule has 2 atom stereocenters. The summed E-state index contributed by atoms with van der Waals surface area (Å²) in [6.07, 6.45) is 0.779. The lowest BCUT2D eigenvalue weighted by molar-refractivity contribution is -0.119. The van der Waals surface area contributed by atoms with Crippen LogP contribution in [-0.4, -0.2) is 21.2 Å². The Hall–Kier alpha value is -2.67. The molecule has 3 rings (SSSR count). The molecule has 1 amide bonds. The Morgan fingerprint density at radius 1 is 1.17 bits per heavy atom. The molecule has 0 aliphatic heterocycles. The molecule has 3 aromatic rings. The third-order valence-electron chi connectivity index (χ3n) is 4.89. The van der Waals surface area contributed by atoms with Gasteiger partial charge in [-0.05, 0) is 50.1 Å². The van der Waals surface area contributed by atoms with Crippen LogP contribution >= 0.6 is 11.8 Å². The van der Waals surface area contributed by atoms with Crippen LogP contribution in [0.4, 0.5) is 4.39 Å². The highest BCUT2D eigenvalue weighted by atomic mass is 32.2. The number of thioether (sulfide) groups is 1. The lowest BCUT2D eigenvalue weighted by Crippen LogP contribution is -2.29. The topological polar surface area (TPSA) is 64.0 Å². The van der Waals surface area contributed by atoms with Crippen molar-refractivity contribution in [1.82, 2.24) is 14.9 Å². The maximum absolute atomic E-state index is 13.1. The van der Waals surface area contributed by atoms with Gasteiger partial charge in [0.2, 0.25) is 5.91 Å². The second-order valence-electron chi connectivity index (χ2n) is 6.97. The second kappa shape index (κ2) is 9.22. The molecule has 7 heteroatoms. The van der Waals surface area contributed by atoms with E-state index in [1.54, 1.807) is 28.8 Å². The molecule has 0 spiro atoms. The zero-order chi connectivity index (χ0) is 21.0. The molecule has 29 heavy (non-hydrogen) atoms. The Morgan fingerprint density at radius 2 is 1.86 bits per heavy atom. The van der Waals surface area contributed by atoms with Crippen LogP contribution in [0.2, 0.25) is 0 Å². The van der Waals surface area contributed by atoms with Gasteiger partial charge in [-0.3, -0.25) is 14.2 Å². The summed E-state index contributed by atoms with van der Waals surface area (Å²) in [5.74, 6) is -0.356. The Morgan fingerprint density at radius 3 is 2.55 bits per heavy atom. The highest BCUT2D eigenvalue weighted by molar-refractivity contribution is 7.99. The number of para-hydroxylation sites is 1. The van der Waals surface area contributed by atoms with E-state index in [4.69, 9.17) is 0 Å². The number of nitrogens with zero attached hydrogens (tertiary/aromatic N) is 2. The molecule has 0 aliphatic carbocycles. The molecule has 1 N–H and O–H groups in total. The standard InChI is InChI=1S/C22H24FN3O2S/c1-4-14(2)26-21(28)18-7-5-6-8-19(18)25-22(26)29-13-20(27)24-15(3)16-9-11-17(23)12-10-16/h5-12,14-15H,4,13H2,1-3H3,(H,24,27)/t14-,15-/m1/s1. The number of benzene rings is 2. The Balaban J connectivity index is 1.78. The van der Waals surface area contributed by atoms with E-state index in [0.717, 1.165) is 12.0 Å². The number of fused-ring (bicyclic) bond motifs is 1. The molecular weight excluding hydrogens is 389 g/mol. The van der Waals surface area contributed by atoms with Gasteiger partial charge in [-0.15, -0.1) is 0 Å². The van der Waals surface area contributed by atoms with Crippen LogP contribution in [0.3, 0.4) is 0 Å². The molecule has 1 aromatic heterocycles. The van der Waals surface area contributed by atoms with Crippen molar-refractivity contribution in [2.75, 3.05) is 5.75 Å². The minimum absolute atomic E-state index is 0.0247. The molecule has 0 saturated carbocycles. The maximum atomic E-state index is 13.1. The molecule has 0 saturated heterocycles. The molecule has 5 nitrogen and oxygen atoms in total. The quantitative estimate of drug-likeness (QED) is 0.458. The summed E-state index contributed by atoms with van der Waals surface area (Å²) >= 11 is 1.25. The number of nitrogens with one attached hydrogen (secondary N) is 1. The van der Waals surface area contributed by atoms with Crippen molar-refractivity contribution < 1.29 is 9.18 Å². The number of halogens is 1. The molecular formula is C22H24FN3O2S. The lowest BCUT2D eigenvalue weighted by atomic mass is 10.1. The third kappa shape index (κ3) is 4.85. The molecule has 0 fully saturated rings. The molecule has 152 valence electrons. The molecule has 0 bridgehead atoms. The van der Waals surface area contributed by atoms with Gasteiger partial charge in [0, 0.05) is 6.04 Å². The third-order valence-corrected chi connectivity index (χ3v) is 5.84. The first-order valence-electron chi connectivity index (χ1n) is 9.59. The second-order valence-corrected chi connectivity index (χ2v) is 7.92. The first kappa shape index (κ1) is 21.0. The first-order valence-corrected chi connectivity index (χ1v) is 10.6. The van der Waals surface area contributed by atoms with Crippen LogP contribution in [0.15, 0.2) is 58.5 Å². The fourth-order valence-electron chi connectivity index (χ4n) is 3.05. The van der Waals surface area contributed by atoms with E-state index >= 15 is 0 Å². The molecule has 2 aromatic carbocycles. The van der Waals surface area contributed by atoms with E-state index in [2.05, 4.69) is 10.3 Å². The van der Waals surface area contributed by atoms with E-state index in [1.165, 1.54) is 23.9 Å². The molecule has 0 aliphatic rings. The van der Waals surface area contributed by atoms with E-state index in [-0.39, 0.29) is 35.1 Å². The van der Waals surface area contributed by atoms with Crippen molar-refractivity contribution in [2.24, 2.45) is 0 Å². The number of carbonyl (C=O) groups excluding carboxylic acids is 1. The van der Waals surface area contributed by atoms with Crippen molar-refractivity contribution in [3.63, 3.8) is 0 Å². The van der Waals surface area contributed by atoms with Gasteiger partial charge >= 0.3 is 0 Å². The summed E-state index contributed by atoms with van der Waals surface area (Å²) in [5, 5.41) is 4.01. The predicted molar refractivity (Wildman–Crippen MR) is 115 cm³/mol. The largest absolute Gasteiger partial charge is 0.349 e. The van der Waals surface area contributed by atoms with E-state index in [0.29, 0.717) is 16.1 Å². The van der Waals surface area contributed by atoms with Crippen LogP contribution in [0.25, 0.3) is 10.9 Å². The smallest absolute Gasteiger partial charge is 0.262 e. The van der Waals surface area contributed by atoms with Gasteiger partial charge in [-0.2, -0.15) is 0 Å². The van der Waals surface area contributed by atoms with Gasteiger partial charge in [0.25, 0.3) is 5.56 Å². The highest BCUT2D eigenvalue weighted by Crippen LogP contribution is 2.22. The van der Waals surface area contributed by atoms with Crippen LogP contribution in [0, 0.1) is 5.82 Å². The fourth-order valence-corrected chi connectivity index (χ4v) is 3.96. The number of rotatable bonds is 7. The Kier molecular flexibility index (Phi) is 6.69. The molecule has 0 radical (unpaired) electrons. The van der Waals surface area contributed by atoms with Crippen LogP contribution in [-0.2, 0) is 4.79 Å². The molecule has 0 unspecified atom stereocenters. The van der Waals surface area contributed by atoms with Crippen molar-refractivity contribution >= 4 is 28.6 Å². The number of aromatic nitrogens is 2. The summed E-state index contributed by atoms with van der Waals surface area (Å²) in [4.78, 5) is 30.0. The first-order chi connectivity index (χ1) is 13.9. The van der Waals surface area contributed by atoms with Gasteiger partial charge in [0.05, 0.1) is 22.7 Å². The van der Waals surface area contributed by atoms with E-state index in [9.17, 15) is 14.0 Å². The van der Waals surface area contributed by atoms with Gasteiger partial charge in [0.15, 0.2) is 5.16 Å². The van der Waals surface area contributed by atoms with Gasteiger partial charge in [-0.1, -0.05) is 43.0 Å². The maximum Gasteiger partial charge on any atom is 0.262 e. The van der Waals surface area contributed by atoms with Gasteiger partial charge in [0.1, 0.15) is 5.82 Å². The minimum atomic E-state index is -0.312.